The number of Topliss-reactive ketones (excluding diaryl/α,β-unsaturated/α-hetero) is 1. The second-order valence-electron chi connectivity index (χ2n) is 5.52. The van der Waals surface area contributed by atoms with E-state index in [1.807, 2.05) is 20.8 Å². The van der Waals surface area contributed by atoms with Crippen LogP contribution in [0.2, 0.25) is 0 Å². The van der Waals surface area contributed by atoms with Crippen LogP contribution in [0.25, 0.3) is 0 Å². The van der Waals surface area contributed by atoms with Crippen LogP contribution < -0.4 is 0 Å². The third-order valence-electron chi connectivity index (χ3n) is 2.65. The fraction of sp³-hybridized carbons (Fsp3) is 0.917. The maximum Gasteiger partial charge on any atom is 0.150 e. The molecule has 0 N–H and O–H groups in total. The van der Waals surface area contributed by atoms with Crippen molar-refractivity contribution in [1.29, 1.82) is 0 Å². The Bertz CT molecular complexity index is 239. The van der Waals surface area contributed by atoms with Crippen molar-refractivity contribution in [2.75, 3.05) is 5.88 Å². The number of alkyl halides is 1. The molecule has 1 fully saturated rings. The minimum atomic E-state index is -0.431. The van der Waals surface area contributed by atoms with Crippen molar-refractivity contribution >= 4 is 17.4 Å². The molecule has 0 amide bonds. The first-order chi connectivity index (χ1) is 7.37. The normalized spacial score (nSPS) is 20.0. The lowest BCUT2D eigenvalue weighted by molar-refractivity contribution is -0.402. The highest BCUT2D eigenvalue weighted by Gasteiger charge is 2.39. The van der Waals surface area contributed by atoms with Gasteiger partial charge in [-0.05, 0) is 33.6 Å². The summed E-state index contributed by atoms with van der Waals surface area (Å²) in [6.45, 7) is 5.79. The van der Waals surface area contributed by atoms with Crippen LogP contribution in [0, 0.1) is 0 Å². The SMILES string of the molecule is CC(C)(C)OOC1(CC(=O)CCl)CCCC1. The molecule has 0 saturated heterocycles. The van der Waals surface area contributed by atoms with Crippen LogP contribution in [0.4, 0.5) is 0 Å². The average Bonchev–Trinajstić information content (AvgIpc) is 2.63. The van der Waals surface area contributed by atoms with Crippen molar-refractivity contribution in [3.05, 3.63) is 0 Å². The Kier molecular flexibility index (Phi) is 4.77. The third-order valence-corrected chi connectivity index (χ3v) is 2.95. The first-order valence-electron chi connectivity index (χ1n) is 5.81. The first kappa shape index (κ1) is 13.9. The summed E-state index contributed by atoms with van der Waals surface area (Å²) in [6.07, 6.45) is 4.30. The van der Waals surface area contributed by atoms with Gasteiger partial charge >= 0.3 is 0 Å². The van der Waals surface area contributed by atoms with Gasteiger partial charge in [-0.1, -0.05) is 12.8 Å². The maximum atomic E-state index is 11.4. The number of carbonyl (C=O) groups is 1. The van der Waals surface area contributed by atoms with Crippen LogP contribution in [0.3, 0.4) is 0 Å². The molecule has 0 heterocycles. The highest BCUT2D eigenvalue weighted by Crippen LogP contribution is 2.37. The van der Waals surface area contributed by atoms with Crippen LogP contribution in [0.1, 0.15) is 52.9 Å². The third kappa shape index (κ3) is 4.40. The molecule has 0 unspecified atom stereocenters. The van der Waals surface area contributed by atoms with Crippen molar-refractivity contribution in [3.8, 4) is 0 Å². The van der Waals surface area contributed by atoms with Gasteiger partial charge in [0.25, 0.3) is 0 Å². The smallest absolute Gasteiger partial charge is 0.150 e. The molecule has 0 spiro atoms. The zero-order valence-electron chi connectivity index (χ0n) is 10.3. The number of ketones is 1. The molecular formula is C12H21ClO3. The van der Waals surface area contributed by atoms with E-state index in [2.05, 4.69) is 0 Å². The fourth-order valence-corrected chi connectivity index (χ4v) is 2.02. The summed E-state index contributed by atoms with van der Waals surface area (Å²) in [5.41, 5.74) is -0.779. The molecule has 3 nitrogen and oxygen atoms in total. The molecule has 0 aromatic rings. The Hall–Kier alpha value is -0.120. The molecule has 0 radical (unpaired) electrons. The molecule has 4 heteroatoms. The largest absolute Gasteiger partial charge is 0.298 e. The van der Waals surface area contributed by atoms with Gasteiger partial charge in [0.15, 0.2) is 5.78 Å². The molecular weight excluding hydrogens is 228 g/mol. The van der Waals surface area contributed by atoms with E-state index in [9.17, 15) is 4.79 Å². The maximum absolute atomic E-state index is 11.4. The Morgan fingerprint density at radius 2 is 1.88 bits per heavy atom. The highest BCUT2D eigenvalue weighted by atomic mass is 35.5. The van der Waals surface area contributed by atoms with Gasteiger partial charge < -0.3 is 0 Å². The second kappa shape index (κ2) is 5.48. The summed E-state index contributed by atoms with van der Waals surface area (Å²) < 4.78 is 0. The molecule has 0 aliphatic heterocycles. The molecule has 1 saturated carbocycles. The monoisotopic (exact) mass is 248 g/mol. The number of hydrogen-bond acceptors (Lipinski definition) is 3. The lowest BCUT2D eigenvalue weighted by Gasteiger charge is -2.30. The molecule has 1 aliphatic carbocycles. The number of carbonyl (C=O) groups excluding carboxylic acids is 1. The fourth-order valence-electron chi connectivity index (χ4n) is 1.93. The Balaban J connectivity index is 2.55. The van der Waals surface area contributed by atoms with Gasteiger partial charge in [0.05, 0.1) is 11.5 Å². The second-order valence-corrected chi connectivity index (χ2v) is 5.79. The van der Waals surface area contributed by atoms with Crippen LogP contribution in [-0.4, -0.2) is 22.9 Å². The average molecular weight is 249 g/mol. The number of hydrogen-bond donors (Lipinski definition) is 0. The molecule has 0 aromatic heterocycles. The van der Waals surface area contributed by atoms with Gasteiger partial charge in [0.2, 0.25) is 0 Å². The molecule has 16 heavy (non-hydrogen) atoms. The molecule has 1 rings (SSSR count). The van der Waals surface area contributed by atoms with Crippen molar-refractivity contribution in [2.45, 2.75) is 64.1 Å². The van der Waals surface area contributed by atoms with E-state index < -0.39 is 5.60 Å². The van der Waals surface area contributed by atoms with Crippen molar-refractivity contribution in [2.24, 2.45) is 0 Å². The van der Waals surface area contributed by atoms with E-state index in [0.717, 1.165) is 25.7 Å². The predicted octanol–water partition coefficient (Wildman–Crippen LogP) is 3.24. The summed E-state index contributed by atoms with van der Waals surface area (Å²) in [5, 5.41) is 0. The summed E-state index contributed by atoms with van der Waals surface area (Å²) in [5.74, 6) is 0.0850. The van der Waals surface area contributed by atoms with Gasteiger partial charge in [-0.25, -0.2) is 9.78 Å². The standard InChI is InChI=1S/C12H21ClO3/c1-11(2,3)15-16-12(6-4-5-7-12)8-10(14)9-13/h4-9H2,1-3H3. The van der Waals surface area contributed by atoms with E-state index in [1.165, 1.54) is 0 Å². The van der Waals surface area contributed by atoms with Crippen molar-refractivity contribution in [1.82, 2.24) is 0 Å². The Morgan fingerprint density at radius 3 is 2.31 bits per heavy atom. The minimum Gasteiger partial charge on any atom is -0.298 e. The van der Waals surface area contributed by atoms with E-state index >= 15 is 0 Å². The van der Waals surface area contributed by atoms with E-state index in [-0.39, 0.29) is 17.3 Å². The molecule has 0 bridgehead atoms. The van der Waals surface area contributed by atoms with Gasteiger partial charge in [-0.3, -0.25) is 4.79 Å². The molecule has 1 aliphatic rings. The highest BCUT2D eigenvalue weighted by molar-refractivity contribution is 6.27. The Labute approximate surface area is 102 Å². The van der Waals surface area contributed by atoms with Gasteiger partial charge in [-0.15, -0.1) is 11.6 Å². The molecule has 0 aromatic carbocycles. The van der Waals surface area contributed by atoms with Crippen LogP contribution >= 0.6 is 11.6 Å². The topological polar surface area (TPSA) is 35.5 Å². The van der Waals surface area contributed by atoms with E-state index in [4.69, 9.17) is 21.4 Å². The van der Waals surface area contributed by atoms with Gasteiger partial charge in [0.1, 0.15) is 5.60 Å². The molecule has 0 atom stereocenters. The van der Waals surface area contributed by atoms with Crippen LogP contribution in [-0.2, 0) is 14.6 Å². The van der Waals surface area contributed by atoms with E-state index in [1.54, 1.807) is 0 Å². The van der Waals surface area contributed by atoms with Crippen LogP contribution in [0.15, 0.2) is 0 Å². The summed E-state index contributed by atoms with van der Waals surface area (Å²) >= 11 is 5.54. The summed E-state index contributed by atoms with van der Waals surface area (Å²) in [6, 6.07) is 0. The first-order valence-corrected chi connectivity index (χ1v) is 6.35. The minimum absolute atomic E-state index is 0.0288. The Morgan fingerprint density at radius 1 is 1.31 bits per heavy atom. The lowest BCUT2D eigenvalue weighted by atomic mass is 9.96. The summed E-state index contributed by atoms with van der Waals surface area (Å²) in [4.78, 5) is 22.3. The predicted molar refractivity (Wildman–Crippen MR) is 63.5 cm³/mol. The van der Waals surface area contributed by atoms with Crippen molar-refractivity contribution < 1.29 is 14.6 Å². The molecule has 94 valence electrons. The zero-order valence-corrected chi connectivity index (χ0v) is 11.1. The number of rotatable bonds is 5. The summed E-state index contributed by atoms with van der Waals surface area (Å²) in [7, 11) is 0. The van der Waals surface area contributed by atoms with Crippen LogP contribution in [0.5, 0.6) is 0 Å². The quantitative estimate of drug-likeness (QED) is 0.426. The number of halogens is 1. The van der Waals surface area contributed by atoms with Crippen molar-refractivity contribution in [3.63, 3.8) is 0 Å². The van der Waals surface area contributed by atoms with Gasteiger partial charge in [0, 0.05) is 6.42 Å². The van der Waals surface area contributed by atoms with E-state index in [0.29, 0.717) is 6.42 Å². The van der Waals surface area contributed by atoms with Gasteiger partial charge in [-0.2, -0.15) is 0 Å². The zero-order chi connectivity index (χ0) is 12.2. The lowest BCUT2D eigenvalue weighted by Crippen LogP contribution is -2.36.